The first kappa shape index (κ1) is 21.1. The Morgan fingerprint density at radius 3 is 2.53 bits per heavy atom. The normalized spacial score (nSPS) is 11.1. The lowest BCUT2D eigenvalue weighted by Gasteiger charge is -2.24. The van der Waals surface area contributed by atoms with E-state index in [4.69, 9.17) is 5.73 Å². The third-order valence-corrected chi connectivity index (χ3v) is 5.43. The van der Waals surface area contributed by atoms with Crippen molar-refractivity contribution in [1.29, 1.82) is 0 Å². The number of pyridine rings is 2. The highest BCUT2D eigenvalue weighted by molar-refractivity contribution is 7.90. The van der Waals surface area contributed by atoms with Crippen molar-refractivity contribution >= 4 is 33.4 Å². The smallest absolute Gasteiger partial charge is 0.260 e. The Kier molecular flexibility index (Phi) is 5.93. The average Bonchev–Trinajstić information content (AvgIpc) is 2.71. The summed E-state index contributed by atoms with van der Waals surface area (Å²) in [5, 5.41) is -0.212. The van der Waals surface area contributed by atoms with Crippen LogP contribution < -0.4 is 10.6 Å². The van der Waals surface area contributed by atoms with Crippen LogP contribution in [0.4, 0.5) is 11.4 Å². The predicted molar refractivity (Wildman–Crippen MR) is 113 cm³/mol. The number of aromatic nitrogens is 2. The number of hydrogen-bond acceptors (Lipinski definition) is 7. The molecule has 0 bridgehead atoms. The van der Waals surface area contributed by atoms with Crippen molar-refractivity contribution in [3.05, 3.63) is 77.2 Å². The molecule has 1 amide bonds. The average molecular weight is 424 g/mol. The second kappa shape index (κ2) is 8.42. The Morgan fingerprint density at radius 2 is 1.93 bits per heavy atom. The van der Waals surface area contributed by atoms with Crippen molar-refractivity contribution < 1.29 is 18.0 Å². The lowest BCUT2D eigenvalue weighted by atomic mass is 10.1. The highest BCUT2D eigenvalue weighted by Crippen LogP contribution is 2.27. The van der Waals surface area contributed by atoms with Gasteiger partial charge in [0.15, 0.2) is 21.1 Å². The summed E-state index contributed by atoms with van der Waals surface area (Å²) >= 11 is 0. The second-order valence-electron chi connectivity index (χ2n) is 6.76. The van der Waals surface area contributed by atoms with Crippen LogP contribution in [0.25, 0.3) is 0 Å². The van der Waals surface area contributed by atoms with Crippen LogP contribution in [0.1, 0.15) is 32.0 Å². The third kappa shape index (κ3) is 4.52. The van der Waals surface area contributed by atoms with Crippen molar-refractivity contribution in [2.75, 3.05) is 16.9 Å². The lowest BCUT2D eigenvalue weighted by Crippen LogP contribution is -2.32. The molecule has 1 aromatic carbocycles. The van der Waals surface area contributed by atoms with Crippen molar-refractivity contribution in [2.24, 2.45) is 0 Å². The van der Waals surface area contributed by atoms with E-state index in [1.807, 2.05) is 0 Å². The van der Waals surface area contributed by atoms with Crippen LogP contribution in [0.3, 0.4) is 0 Å². The fraction of sp³-hybridized carbons (Fsp3) is 0.143. The standard InChI is InChI=1S/C21H20N4O4S/c1-14-5-7-16(11-24-14)21(27)25(12-15-6-8-17(13-26)18(22)10-15)19-4-3-9-23-20(19)30(2,28)29/h3-11,13H,12,22H2,1-2H3. The molecule has 0 radical (unpaired) electrons. The predicted octanol–water partition coefficient (Wildman–Crippen LogP) is 2.43. The fourth-order valence-corrected chi connectivity index (χ4v) is 3.71. The zero-order valence-electron chi connectivity index (χ0n) is 16.4. The summed E-state index contributed by atoms with van der Waals surface area (Å²) in [6.45, 7) is 1.82. The molecular formula is C21H20N4O4S. The van der Waals surface area contributed by atoms with Gasteiger partial charge in [0.2, 0.25) is 0 Å². The highest BCUT2D eigenvalue weighted by Gasteiger charge is 2.25. The molecule has 0 atom stereocenters. The van der Waals surface area contributed by atoms with Gasteiger partial charge in [-0.1, -0.05) is 6.07 Å². The molecule has 30 heavy (non-hydrogen) atoms. The maximum atomic E-state index is 13.3. The van der Waals surface area contributed by atoms with E-state index >= 15 is 0 Å². The van der Waals surface area contributed by atoms with Crippen LogP contribution in [0.15, 0.2) is 59.9 Å². The summed E-state index contributed by atoms with van der Waals surface area (Å²) in [5.74, 6) is -0.446. The Labute approximate surface area is 174 Å². The van der Waals surface area contributed by atoms with Crippen molar-refractivity contribution in [2.45, 2.75) is 18.5 Å². The second-order valence-corrected chi connectivity index (χ2v) is 8.69. The van der Waals surface area contributed by atoms with Gasteiger partial charge in [-0.3, -0.25) is 14.6 Å². The number of sulfone groups is 1. The molecule has 0 saturated carbocycles. The first-order valence-electron chi connectivity index (χ1n) is 8.94. The number of anilines is 2. The van der Waals surface area contributed by atoms with Gasteiger partial charge in [0.25, 0.3) is 5.91 Å². The molecule has 3 aromatic rings. The minimum atomic E-state index is -3.70. The van der Waals surface area contributed by atoms with E-state index in [9.17, 15) is 18.0 Å². The summed E-state index contributed by atoms with van der Waals surface area (Å²) in [6, 6.07) is 11.2. The maximum Gasteiger partial charge on any atom is 0.260 e. The third-order valence-electron chi connectivity index (χ3n) is 4.42. The number of aldehydes is 1. The monoisotopic (exact) mass is 424 g/mol. The number of nitrogens with zero attached hydrogens (tertiary/aromatic N) is 3. The van der Waals surface area contributed by atoms with Crippen LogP contribution in [-0.2, 0) is 16.4 Å². The van der Waals surface area contributed by atoms with Crippen LogP contribution in [0, 0.1) is 6.92 Å². The van der Waals surface area contributed by atoms with E-state index in [-0.39, 0.29) is 22.9 Å². The van der Waals surface area contributed by atoms with Crippen molar-refractivity contribution in [1.82, 2.24) is 9.97 Å². The van der Waals surface area contributed by atoms with Gasteiger partial charge >= 0.3 is 0 Å². The van der Waals surface area contributed by atoms with Crippen LogP contribution in [-0.4, -0.2) is 36.8 Å². The van der Waals surface area contributed by atoms with Gasteiger partial charge in [-0.2, -0.15) is 0 Å². The molecule has 2 aromatic heterocycles. The maximum absolute atomic E-state index is 13.3. The van der Waals surface area contributed by atoms with Gasteiger partial charge in [-0.15, -0.1) is 0 Å². The Balaban J connectivity index is 2.12. The molecule has 9 heteroatoms. The van der Waals surface area contributed by atoms with E-state index in [0.717, 1.165) is 11.9 Å². The number of nitrogens with two attached hydrogens (primary N) is 1. The molecule has 8 nitrogen and oxygen atoms in total. The summed E-state index contributed by atoms with van der Waals surface area (Å²) in [5.41, 5.74) is 8.29. The first-order chi connectivity index (χ1) is 14.2. The molecule has 0 aliphatic carbocycles. The molecule has 0 fully saturated rings. The van der Waals surface area contributed by atoms with E-state index < -0.39 is 15.7 Å². The molecule has 0 spiro atoms. The number of carbonyl (C=O) groups is 2. The number of nitrogen functional groups attached to an aromatic ring is 1. The van der Waals surface area contributed by atoms with Gasteiger partial charge in [-0.25, -0.2) is 13.4 Å². The lowest BCUT2D eigenvalue weighted by molar-refractivity contribution is 0.0983. The quantitative estimate of drug-likeness (QED) is 0.476. The zero-order valence-corrected chi connectivity index (χ0v) is 17.3. The zero-order chi connectivity index (χ0) is 21.9. The number of benzene rings is 1. The molecule has 154 valence electrons. The molecule has 3 rings (SSSR count). The van der Waals surface area contributed by atoms with Gasteiger partial charge in [-0.05, 0) is 48.9 Å². The molecule has 2 heterocycles. The SMILES string of the molecule is Cc1ccc(C(=O)N(Cc2ccc(C=O)c(N)c2)c2cccnc2S(C)(=O)=O)cn1. The topological polar surface area (TPSA) is 123 Å². The first-order valence-corrected chi connectivity index (χ1v) is 10.8. The number of hydrogen-bond donors (Lipinski definition) is 1. The van der Waals surface area contributed by atoms with Crippen molar-refractivity contribution in [3.8, 4) is 0 Å². The summed E-state index contributed by atoms with van der Waals surface area (Å²) in [6.07, 6.45) is 4.46. The van der Waals surface area contributed by atoms with Gasteiger partial charge in [0, 0.05) is 35.6 Å². The van der Waals surface area contributed by atoms with Gasteiger partial charge < -0.3 is 10.6 Å². The van der Waals surface area contributed by atoms with E-state index in [2.05, 4.69) is 9.97 Å². The van der Waals surface area contributed by atoms with Crippen LogP contribution >= 0.6 is 0 Å². The molecule has 0 unspecified atom stereocenters. The van der Waals surface area contributed by atoms with E-state index in [0.29, 0.717) is 23.0 Å². The van der Waals surface area contributed by atoms with Crippen LogP contribution in [0.5, 0.6) is 0 Å². The number of aryl methyl sites for hydroxylation is 1. The Hall–Kier alpha value is -3.59. The number of rotatable bonds is 6. The fourth-order valence-electron chi connectivity index (χ4n) is 2.90. The number of carbonyl (C=O) groups excluding carboxylic acids is 2. The van der Waals surface area contributed by atoms with E-state index in [1.54, 1.807) is 43.3 Å². The summed E-state index contributed by atoms with van der Waals surface area (Å²) in [4.78, 5) is 33.8. The van der Waals surface area contributed by atoms with Crippen LogP contribution in [0.2, 0.25) is 0 Å². The van der Waals surface area contributed by atoms with E-state index in [1.165, 1.54) is 23.4 Å². The number of amides is 1. The molecule has 2 N–H and O–H groups in total. The highest BCUT2D eigenvalue weighted by atomic mass is 32.2. The minimum absolute atomic E-state index is 0.0181. The molecular weight excluding hydrogens is 404 g/mol. The molecule has 0 aliphatic rings. The minimum Gasteiger partial charge on any atom is -0.398 e. The van der Waals surface area contributed by atoms with Gasteiger partial charge in [0.05, 0.1) is 17.8 Å². The Morgan fingerprint density at radius 1 is 1.17 bits per heavy atom. The summed E-state index contributed by atoms with van der Waals surface area (Å²) < 4.78 is 24.6. The van der Waals surface area contributed by atoms with Gasteiger partial charge in [0.1, 0.15) is 0 Å². The molecule has 0 saturated heterocycles. The summed E-state index contributed by atoms with van der Waals surface area (Å²) in [7, 11) is -3.70. The largest absolute Gasteiger partial charge is 0.398 e. The van der Waals surface area contributed by atoms with Crippen molar-refractivity contribution in [3.63, 3.8) is 0 Å². The Bertz CT molecular complexity index is 1210. The molecule has 0 aliphatic heterocycles.